The van der Waals surface area contributed by atoms with E-state index in [-0.39, 0.29) is 0 Å². The number of aromatic nitrogens is 5. The van der Waals surface area contributed by atoms with Crippen molar-refractivity contribution in [3.63, 3.8) is 0 Å². The molecule has 0 saturated heterocycles. The van der Waals surface area contributed by atoms with E-state index in [0.717, 1.165) is 22.8 Å². The number of halogens is 1. The number of rotatable bonds is 4. The Hall–Kier alpha value is -2.60. The van der Waals surface area contributed by atoms with E-state index in [4.69, 9.17) is 16.6 Å². The van der Waals surface area contributed by atoms with Crippen molar-refractivity contribution < 1.29 is 0 Å². The monoisotopic (exact) mass is 366 g/mol. The molecule has 0 radical (unpaired) electrons. The molecule has 6 nitrogen and oxygen atoms in total. The lowest BCUT2D eigenvalue weighted by Crippen LogP contribution is -2.06. The fourth-order valence-corrected chi connectivity index (χ4v) is 3.68. The lowest BCUT2D eigenvalue weighted by Gasteiger charge is -2.08. The number of nitrogens with one attached hydrogen (secondary N) is 1. The first-order chi connectivity index (χ1) is 12.6. The van der Waals surface area contributed by atoms with Gasteiger partial charge >= 0.3 is 0 Å². The van der Waals surface area contributed by atoms with Crippen molar-refractivity contribution in [2.45, 2.75) is 39.2 Å². The lowest BCUT2D eigenvalue weighted by atomic mass is 10.2. The van der Waals surface area contributed by atoms with Gasteiger partial charge in [0.25, 0.3) is 0 Å². The molecule has 1 saturated carbocycles. The van der Waals surface area contributed by atoms with Gasteiger partial charge in [-0.2, -0.15) is 9.61 Å². The second kappa shape index (κ2) is 5.71. The largest absolute Gasteiger partial charge is 0.364 e. The molecule has 4 heterocycles. The zero-order valence-corrected chi connectivity index (χ0v) is 15.5. The third-order valence-electron chi connectivity index (χ3n) is 4.89. The van der Waals surface area contributed by atoms with Gasteiger partial charge in [0.15, 0.2) is 5.65 Å². The molecule has 0 atom stereocenters. The number of pyridine rings is 1. The summed E-state index contributed by atoms with van der Waals surface area (Å²) in [5.74, 6) is 1.41. The Morgan fingerprint density at radius 2 is 2.04 bits per heavy atom. The summed E-state index contributed by atoms with van der Waals surface area (Å²) < 4.78 is 3.95. The molecule has 1 aliphatic carbocycles. The summed E-state index contributed by atoms with van der Waals surface area (Å²) in [6.45, 7) is 4.77. The van der Waals surface area contributed by atoms with Crippen LogP contribution in [0.5, 0.6) is 0 Å². The maximum atomic E-state index is 6.25. The Balaban J connectivity index is 1.47. The van der Waals surface area contributed by atoms with Crippen molar-refractivity contribution in [2.24, 2.45) is 0 Å². The summed E-state index contributed by atoms with van der Waals surface area (Å²) >= 11 is 6.25. The van der Waals surface area contributed by atoms with Gasteiger partial charge in [-0.15, -0.1) is 0 Å². The number of nitrogens with zero attached hydrogens (tertiary/aromatic N) is 5. The summed E-state index contributed by atoms with van der Waals surface area (Å²) in [6, 6.07) is 6.05. The van der Waals surface area contributed by atoms with E-state index in [2.05, 4.69) is 52.0 Å². The maximum Gasteiger partial charge on any atom is 0.162 e. The molecule has 0 aromatic carbocycles. The van der Waals surface area contributed by atoms with Crippen LogP contribution in [-0.2, 0) is 6.54 Å². The summed E-state index contributed by atoms with van der Waals surface area (Å²) in [4.78, 5) is 9.19. The van der Waals surface area contributed by atoms with Crippen LogP contribution in [0.4, 0.5) is 5.82 Å². The van der Waals surface area contributed by atoms with Crippen LogP contribution in [0.1, 0.15) is 41.3 Å². The van der Waals surface area contributed by atoms with Gasteiger partial charge in [-0.3, -0.25) is 0 Å². The van der Waals surface area contributed by atoms with Crippen LogP contribution in [0.25, 0.3) is 11.3 Å². The van der Waals surface area contributed by atoms with Gasteiger partial charge in [0.1, 0.15) is 16.6 Å². The van der Waals surface area contributed by atoms with Crippen LogP contribution in [0, 0.1) is 13.8 Å². The summed E-state index contributed by atoms with van der Waals surface area (Å²) in [6.07, 6.45) is 6.39. The molecule has 0 aliphatic heterocycles. The first-order valence-corrected chi connectivity index (χ1v) is 9.19. The van der Waals surface area contributed by atoms with Crippen molar-refractivity contribution >= 4 is 28.7 Å². The summed E-state index contributed by atoms with van der Waals surface area (Å²) in [7, 11) is 0. The minimum absolute atomic E-state index is 0.476. The van der Waals surface area contributed by atoms with Gasteiger partial charge in [0, 0.05) is 23.5 Å². The van der Waals surface area contributed by atoms with Gasteiger partial charge in [0.05, 0.1) is 18.4 Å². The number of fused-ring (bicyclic) bond motifs is 2. The molecule has 132 valence electrons. The van der Waals surface area contributed by atoms with Crippen molar-refractivity contribution in [1.29, 1.82) is 0 Å². The van der Waals surface area contributed by atoms with E-state index in [1.807, 2.05) is 16.8 Å². The zero-order valence-electron chi connectivity index (χ0n) is 14.7. The predicted molar refractivity (Wildman–Crippen MR) is 102 cm³/mol. The van der Waals surface area contributed by atoms with Crippen LogP contribution in [0.2, 0.25) is 5.15 Å². The molecule has 1 fully saturated rings. The summed E-state index contributed by atoms with van der Waals surface area (Å²) in [5.41, 5.74) is 6.36. The average Bonchev–Trinajstić information content (AvgIpc) is 3.21. The van der Waals surface area contributed by atoms with Crippen LogP contribution >= 0.6 is 11.6 Å². The highest BCUT2D eigenvalue weighted by Gasteiger charge is 2.28. The van der Waals surface area contributed by atoms with Crippen LogP contribution in [0.15, 0.2) is 30.6 Å². The molecule has 26 heavy (non-hydrogen) atoms. The Labute approximate surface area is 155 Å². The SMILES string of the molecule is Cc1cc(C)n2cc(CNc3cc(Cl)nc4c(C5CC5)cnn34)nc2c1. The highest BCUT2D eigenvalue weighted by molar-refractivity contribution is 6.29. The minimum Gasteiger partial charge on any atom is -0.364 e. The van der Waals surface area contributed by atoms with E-state index in [9.17, 15) is 0 Å². The molecular weight excluding hydrogens is 348 g/mol. The highest BCUT2D eigenvalue weighted by Crippen LogP contribution is 2.42. The van der Waals surface area contributed by atoms with Crippen LogP contribution in [0.3, 0.4) is 0 Å². The summed E-state index contributed by atoms with van der Waals surface area (Å²) in [5, 5.41) is 8.40. The molecular formula is C19H19ClN6. The van der Waals surface area contributed by atoms with Crippen molar-refractivity contribution in [1.82, 2.24) is 24.0 Å². The highest BCUT2D eigenvalue weighted by atomic mass is 35.5. The van der Waals surface area contributed by atoms with Crippen molar-refractivity contribution in [2.75, 3.05) is 5.32 Å². The Morgan fingerprint density at radius 3 is 2.85 bits per heavy atom. The van der Waals surface area contributed by atoms with Crippen LogP contribution in [-0.4, -0.2) is 24.0 Å². The van der Waals surface area contributed by atoms with E-state index < -0.39 is 0 Å². The third-order valence-corrected chi connectivity index (χ3v) is 5.09. The molecule has 0 unspecified atom stereocenters. The first-order valence-electron chi connectivity index (χ1n) is 8.82. The molecule has 0 spiro atoms. The van der Waals surface area contributed by atoms with Gasteiger partial charge in [-0.1, -0.05) is 11.6 Å². The molecule has 4 aromatic rings. The van der Waals surface area contributed by atoms with Gasteiger partial charge in [-0.05, 0) is 50.3 Å². The van der Waals surface area contributed by atoms with Crippen molar-refractivity contribution in [3.8, 4) is 0 Å². The number of imidazole rings is 1. The predicted octanol–water partition coefficient (Wildman–Crippen LogP) is 4.14. The first kappa shape index (κ1) is 15.6. The van der Waals surface area contributed by atoms with E-state index >= 15 is 0 Å². The molecule has 0 amide bonds. The molecule has 1 N–H and O–H groups in total. The minimum atomic E-state index is 0.476. The molecule has 4 aromatic heterocycles. The van der Waals surface area contributed by atoms with E-state index in [1.54, 1.807) is 0 Å². The average molecular weight is 367 g/mol. The van der Waals surface area contributed by atoms with Gasteiger partial charge < -0.3 is 9.72 Å². The van der Waals surface area contributed by atoms with E-state index in [1.165, 1.54) is 29.7 Å². The molecule has 1 aliphatic rings. The second-order valence-corrected chi connectivity index (χ2v) is 7.45. The van der Waals surface area contributed by atoms with E-state index in [0.29, 0.717) is 17.6 Å². The number of hydrogen-bond acceptors (Lipinski definition) is 4. The smallest absolute Gasteiger partial charge is 0.162 e. The third kappa shape index (κ3) is 2.61. The topological polar surface area (TPSA) is 59.5 Å². The second-order valence-electron chi connectivity index (χ2n) is 7.06. The number of aryl methyl sites for hydroxylation is 2. The molecule has 5 rings (SSSR count). The standard InChI is InChI=1S/C19H19ClN6/c1-11-5-12(2)25-10-14(23-18(25)6-11)8-21-17-7-16(20)24-19-15(13-3-4-13)9-22-26(17)19/h5-7,9-10,13,21H,3-4,8H2,1-2H3. The van der Waals surface area contributed by atoms with Gasteiger partial charge in [0.2, 0.25) is 0 Å². The fourth-order valence-electron chi connectivity index (χ4n) is 3.50. The number of anilines is 1. The quantitative estimate of drug-likeness (QED) is 0.551. The fraction of sp³-hybridized carbons (Fsp3) is 0.316. The Kier molecular flexibility index (Phi) is 3.43. The lowest BCUT2D eigenvalue weighted by molar-refractivity contribution is 0.919. The normalized spacial score (nSPS) is 14.4. The zero-order chi connectivity index (χ0) is 17.8. The molecule has 0 bridgehead atoms. The van der Waals surface area contributed by atoms with Crippen molar-refractivity contribution in [3.05, 3.63) is 58.3 Å². The Bertz CT molecular complexity index is 1140. The maximum absolute atomic E-state index is 6.25. The van der Waals surface area contributed by atoms with Gasteiger partial charge in [-0.25, -0.2) is 9.97 Å². The van der Waals surface area contributed by atoms with Crippen LogP contribution < -0.4 is 5.32 Å². The number of hydrogen-bond donors (Lipinski definition) is 1. The molecule has 7 heteroatoms. The Morgan fingerprint density at radius 1 is 1.19 bits per heavy atom.